The highest BCUT2D eigenvalue weighted by atomic mass is 16.5. The van der Waals surface area contributed by atoms with Gasteiger partial charge in [-0.05, 0) is 42.0 Å². The molecule has 0 unspecified atom stereocenters. The van der Waals surface area contributed by atoms with Crippen molar-refractivity contribution in [2.45, 2.75) is 32.4 Å². The Kier molecular flexibility index (Phi) is 3.97. The first-order valence-electron chi connectivity index (χ1n) is 7.14. The molecule has 104 valence electrons. The summed E-state index contributed by atoms with van der Waals surface area (Å²) in [5.74, 6) is 0.975. The second-order valence-corrected chi connectivity index (χ2v) is 5.26. The summed E-state index contributed by atoms with van der Waals surface area (Å²) in [5.41, 5.74) is 5.14. The van der Waals surface area contributed by atoms with Gasteiger partial charge >= 0.3 is 0 Å². The first-order chi connectivity index (χ1) is 9.85. The maximum absolute atomic E-state index is 5.16. The van der Waals surface area contributed by atoms with E-state index in [1.807, 2.05) is 0 Å². The fourth-order valence-corrected chi connectivity index (χ4v) is 2.71. The van der Waals surface area contributed by atoms with Crippen LogP contribution in [0.3, 0.4) is 0 Å². The number of hydrogen-bond acceptors (Lipinski definition) is 3. The Bertz CT molecular complexity index is 595. The average Bonchev–Trinajstić information content (AvgIpc) is 2.93. The van der Waals surface area contributed by atoms with Crippen molar-refractivity contribution < 1.29 is 4.74 Å². The molecule has 0 atom stereocenters. The number of nitrogens with zero attached hydrogens (tertiary/aromatic N) is 1. The van der Waals surface area contributed by atoms with E-state index in [4.69, 9.17) is 9.72 Å². The first-order valence-corrected chi connectivity index (χ1v) is 7.14. The molecule has 0 spiro atoms. The third kappa shape index (κ3) is 2.99. The third-order valence-corrected chi connectivity index (χ3v) is 3.70. The minimum Gasteiger partial charge on any atom is -0.380 e. The zero-order chi connectivity index (χ0) is 13.8. The maximum Gasteiger partial charge on any atom is 0.126 e. The van der Waals surface area contributed by atoms with E-state index in [2.05, 4.69) is 41.7 Å². The highest BCUT2D eigenvalue weighted by Crippen LogP contribution is 2.21. The molecule has 3 heteroatoms. The lowest BCUT2D eigenvalue weighted by molar-refractivity contribution is 0.185. The van der Waals surface area contributed by atoms with Gasteiger partial charge in [0.25, 0.3) is 0 Å². The van der Waals surface area contributed by atoms with Gasteiger partial charge in [0, 0.05) is 19.3 Å². The van der Waals surface area contributed by atoms with Gasteiger partial charge in [0.2, 0.25) is 0 Å². The van der Waals surface area contributed by atoms with E-state index in [0.29, 0.717) is 6.61 Å². The van der Waals surface area contributed by atoms with Crippen molar-refractivity contribution in [3.05, 3.63) is 58.8 Å². The predicted molar refractivity (Wildman–Crippen MR) is 80.7 cm³/mol. The van der Waals surface area contributed by atoms with E-state index in [9.17, 15) is 0 Å². The lowest BCUT2D eigenvalue weighted by atomic mass is 10.1. The second kappa shape index (κ2) is 6.06. The Balaban J connectivity index is 1.65. The molecule has 1 aromatic carbocycles. The molecule has 20 heavy (non-hydrogen) atoms. The van der Waals surface area contributed by atoms with E-state index in [0.717, 1.165) is 18.8 Å². The van der Waals surface area contributed by atoms with Crippen LogP contribution in [-0.4, -0.2) is 12.1 Å². The molecule has 0 fully saturated rings. The summed E-state index contributed by atoms with van der Waals surface area (Å²) in [7, 11) is 1.72. The molecule has 1 aromatic heterocycles. The van der Waals surface area contributed by atoms with Crippen molar-refractivity contribution in [2.75, 3.05) is 12.4 Å². The molecule has 2 aromatic rings. The van der Waals surface area contributed by atoms with Crippen LogP contribution in [0, 0.1) is 0 Å². The zero-order valence-corrected chi connectivity index (χ0v) is 11.9. The van der Waals surface area contributed by atoms with E-state index >= 15 is 0 Å². The number of aryl methyl sites for hydroxylation is 2. The Morgan fingerprint density at radius 1 is 1.15 bits per heavy atom. The highest BCUT2D eigenvalue weighted by Gasteiger charge is 2.12. The van der Waals surface area contributed by atoms with E-state index < -0.39 is 0 Å². The summed E-state index contributed by atoms with van der Waals surface area (Å²) in [6, 6.07) is 12.7. The van der Waals surface area contributed by atoms with Crippen molar-refractivity contribution in [1.29, 1.82) is 0 Å². The Labute approximate surface area is 120 Å². The van der Waals surface area contributed by atoms with Crippen LogP contribution >= 0.6 is 0 Å². The number of methoxy groups -OCH3 is 1. The molecule has 1 aliphatic rings. The molecule has 0 amide bonds. The topological polar surface area (TPSA) is 34.1 Å². The number of rotatable bonds is 5. The van der Waals surface area contributed by atoms with Crippen LogP contribution in [0.25, 0.3) is 0 Å². The molecular formula is C17H20N2O. The minimum atomic E-state index is 0.658. The Hall–Kier alpha value is -1.87. The fourth-order valence-electron chi connectivity index (χ4n) is 2.71. The number of nitrogens with one attached hydrogen (secondary N) is 1. The van der Waals surface area contributed by atoms with Gasteiger partial charge in [0.15, 0.2) is 0 Å². The van der Waals surface area contributed by atoms with Gasteiger partial charge in [-0.3, -0.25) is 0 Å². The van der Waals surface area contributed by atoms with Crippen LogP contribution in [0.5, 0.6) is 0 Å². The normalized spacial score (nSPS) is 13.2. The third-order valence-electron chi connectivity index (χ3n) is 3.70. The van der Waals surface area contributed by atoms with Crippen LogP contribution in [0.15, 0.2) is 36.4 Å². The van der Waals surface area contributed by atoms with Crippen LogP contribution in [0.2, 0.25) is 0 Å². The minimum absolute atomic E-state index is 0.658. The van der Waals surface area contributed by atoms with E-state index in [-0.39, 0.29) is 0 Å². The van der Waals surface area contributed by atoms with Crippen LogP contribution < -0.4 is 5.32 Å². The number of fused-ring (bicyclic) bond motifs is 1. The van der Waals surface area contributed by atoms with Gasteiger partial charge in [-0.2, -0.15) is 0 Å². The molecule has 1 aliphatic carbocycles. The molecule has 0 bridgehead atoms. The highest BCUT2D eigenvalue weighted by molar-refractivity contribution is 5.41. The number of pyridine rings is 1. The van der Waals surface area contributed by atoms with E-state index in [1.165, 1.54) is 35.2 Å². The summed E-state index contributed by atoms with van der Waals surface area (Å²) < 4.78 is 5.16. The van der Waals surface area contributed by atoms with Crippen molar-refractivity contribution in [2.24, 2.45) is 0 Å². The van der Waals surface area contributed by atoms with Gasteiger partial charge in [0.1, 0.15) is 5.82 Å². The fraction of sp³-hybridized carbons (Fsp3) is 0.353. The summed E-state index contributed by atoms with van der Waals surface area (Å²) in [5, 5.41) is 3.41. The average molecular weight is 268 g/mol. The summed E-state index contributed by atoms with van der Waals surface area (Å²) in [6.07, 6.45) is 3.54. The van der Waals surface area contributed by atoms with Crippen molar-refractivity contribution in [3.8, 4) is 0 Å². The molecule has 0 saturated carbocycles. The summed E-state index contributed by atoms with van der Waals surface area (Å²) in [6.45, 7) is 1.45. The number of ether oxygens (including phenoxy) is 1. The number of aromatic nitrogens is 1. The quantitative estimate of drug-likeness (QED) is 0.903. The Morgan fingerprint density at radius 3 is 2.95 bits per heavy atom. The lowest BCUT2D eigenvalue weighted by Crippen LogP contribution is -2.03. The molecule has 1 N–H and O–H groups in total. The number of hydrogen-bond donors (Lipinski definition) is 1. The lowest BCUT2D eigenvalue weighted by Gasteiger charge is -2.09. The van der Waals surface area contributed by atoms with Gasteiger partial charge < -0.3 is 10.1 Å². The second-order valence-electron chi connectivity index (χ2n) is 5.26. The molecule has 1 heterocycles. The van der Waals surface area contributed by atoms with E-state index in [1.54, 1.807) is 7.11 Å². The van der Waals surface area contributed by atoms with Crippen LogP contribution in [-0.2, 0) is 30.7 Å². The predicted octanol–water partition coefficient (Wildman–Crippen LogP) is 3.33. The Morgan fingerprint density at radius 2 is 2.05 bits per heavy atom. The number of anilines is 1. The standard InChI is InChI=1S/C17H20N2O/c1-20-12-14-5-2-4-13(10-14)11-18-17-9-8-15-6-3-7-16(15)19-17/h2,4-5,8-10H,3,6-7,11-12H2,1H3,(H,18,19). The van der Waals surface area contributed by atoms with Crippen LogP contribution in [0.4, 0.5) is 5.82 Å². The SMILES string of the molecule is COCc1cccc(CNc2ccc3c(n2)CCC3)c1. The van der Waals surface area contributed by atoms with Crippen LogP contribution in [0.1, 0.15) is 28.8 Å². The van der Waals surface area contributed by atoms with Gasteiger partial charge in [-0.25, -0.2) is 4.98 Å². The number of benzene rings is 1. The summed E-state index contributed by atoms with van der Waals surface area (Å²) >= 11 is 0. The maximum atomic E-state index is 5.16. The zero-order valence-electron chi connectivity index (χ0n) is 11.9. The molecule has 3 rings (SSSR count). The first kappa shape index (κ1) is 13.1. The molecule has 3 nitrogen and oxygen atoms in total. The van der Waals surface area contributed by atoms with Crippen molar-refractivity contribution >= 4 is 5.82 Å². The molecule has 0 radical (unpaired) electrons. The molecule has 0 saturated heterocycles. The molecular weight excluding hydrogens is 248 g/mol. The van der Waals surface area contributed by atoms with Crippen molar-refractivity contribution in [1.82, 2.24) is 4.98 Å². The summed E-state index contributed by atoms with van der Waals surface area (Å²) in [4.78, 5) is 4.69. The largest absolute Gasteiger partial charge is 0.380 e. The van der Waals surface area contributed by atoms with Gasteiger partial charge in [0.05, 0.1) is 6.61 Å². The van der Waals surface area contributed by atoms with Gasteiger partial charge in [-0.15, -0.1) is 0 Å². The molecule has 0 aliphatic heterocycles. The monoisotopic (exact) mass is 268 g/mol. The van der Waals surface area contributed by atoms with Gasteiger partial charge in [-0.1, -0.05) is 30.3 Å². The smallest absolute Gasteiger partial charge is 0.126 e. The van der Waals surface area contributed by atoms with Crippen molar-refractivity contribution in [3.63, 3.8) is 0 Å².